The molecule has 0 fully saturated rings. The maximum absolute atomic E-state index is 10.9. The molecule has 14 heavy (non-hydrogen) atoms. The van der Waals surface area contributed by atoms with E-state index in [-0.39, 0.29) is 10.6 Å². The van der Waals surface area contributed by atoms with Gasteiger partial charge in [0.2, 0.25) is 0 Å². The van der Waals surface area contributed by atoms with Gasteiger partial charge in [0.1, 0.15) is 0 Å². The highest BCUT2D eigenvalue weighted by Crippen LogP contribution is 2.16. The third kappa shape index (κ3) is 3.38. The molecule has 1 aromatic rings. The molecular weight excluding hydrogens is 248 g/mol. The van der Waals surface area contributed by atoms with Crippen LogP contribution in [0.1, 0.15) is 5.56 Å². The van der Waals surface area contributed by atoms with Gasteiger partial charge in [0.15, 0.2) is 0 Å². The minimum absolute atomic E-state index is 0.0953. The average Bonchev–Trinajstić information content (AvgIpc) is 2.01. The van der Waals surface area contributed by atoms with Crippen molar-refractivity contribution in [3.05, 3.63) is 29.8 Å². The van der Waals surface area contributed by atoms with Crippen molar-refractivity contribution in [1.82, 2.24) is 0 Å². The lowest BCUT2D eigenvalue weighted by Gasteiger charge is -2.05. The lowest BCUT2D eigenvalue weighted by molar-refractivity contribution is 0.536. The molecule has 0 saturated heterocycles. The molecule has 0 spiro atoms. The molecule has 1 unspecified atom stereocenters. The van der Waals surface area contributed by atoms with Crippen molar-refractivity contribution in [2.75, 3.05) is 0 Å². The topological polar surface area (TPSA) is 74.3 Å². The van der Waals surface area contributed by atoms with Gasteiger partial charge in [-0.2, -0.15) is 0 Å². The van der Waals surface area contributed by atoms with Crippen LogP contribution in [0.4, 0.5) is 0 Å². The Morgan fingerprint density at radius 3 is 2.57 bits per heavy atom. The summed E-state index contributed by atoms with van der Waals surface area (Å²) in [6.07, 6.45) is 0. The van der Waals surface area contributed by atoms with Gasteiger partial charge in [0.25, 0.3) is 9.05 Å². The molecule has 7 heteroatoms. The van der Waals surface area contributed by atoms with Crippen molar-refractivity contribution in [1.29, 1.82) is 0 Å². The molecular formula is C7H6ClO4S2-. The summed E-state index contributed by atoms with van der Waals surface area (Å²) in [4.78, 5) is -0.0953. The van der Waals surface area contributed by atoms with Gasteiger partial charge in [-0.15, -0.1) is 0 Å². The van der Waals surface area contributed by atoms with Gasteiger partial charge in [-0.05, 0) is 17.7 Å². The van der Waals surface area contributed by atoms with Crippen LogP contribution >= 0.6 is 10.7 Å². The summed E-state index contributed by atoms with van der Waals surface area (Å²) in [7, 11) is 1.30. The van der Waals surface area contributed by atoms with E-state index in [0.717, 1.165) is 0 Å². The molecule has 1 aromatic carbocycles. The molecule has 0 N–H and O–H groups in total. The SMILES string of the molecule is O=S([O-])Cc1cccc(S(=O)(=O)Cl)c1. The molecule has 0 radical (unpaired) electrons. The lowest BCUT2D eigenvalue weighted by atomic mass is 10.2. The molecule has 1 atom stereocenters. The van der Waals surface area contributed by atoms with Crippen molar-refractivity contribution in [3.8, 4) is 0 Å². The Morgan fingerprint density at radius 2 is 2.07 bits per heavy atom. The van der Waals surface area contributed by atoms with Gasteiger partial charge in [0.05, 0.1) is 4.90 Å². The van der Waals surface area contributed by atoms with Crippen LogP contribution in [0.15, 0.2) is 29.2 Å². The van der Waals surface area contributed by atoms with E-state index in [0.29, 0.717) is 5.56 Å². The predicted octanol–water partition coefficient (Wildman–Crippen LogP) is 0.993. The Kier molecular flexibility index (Phi) is 3.65. The molecule has 1 rings (SSSR count). The van der Waals surface area contributed by atoms with Crippen LogP contribution in [0.2, 0.25) is 0 Å². The molecule has 0 amide bonds. The van der Waals surface area contributed by atoms with Crippen LogP contribution in [-0.4, -0.2) is 17.2 Å². The first-order chi connectivity index (χ1) is 6.39. The van der Waals surface area contributed by atoms with Gasteiger partial charge in [0, 0.05) is 16.4 Å². The highest BCUT2D eigenvalue weighted by Gasteiger charge is 2.09. The van der Waals surface area contributed by atoms with Gasteiger partial charge in [-0.25, -0.2) is 8.42 Å². The molecule has 0 saturated carbocycles. The quantitative estimate of drug-likeness (QED) is 0.595. The zero-order valence-electron chi connectivity index (χ0n) is 6.84. The molecule has 78 valence electrons. The average molecular weight is 254 g/mol. The van der Waals surface area contributed by atoms with E-state index in [4.69, 9.17) is 10.7 Å². The Labute approximate surface area is 88.6 Å². The summed E-state index contributed by atoms with van der Waals surface area (Å²) in [5, 5.41) is 0. The fraction of sp³-hybridized carbons (Fsp3) is 0.143. The van der Waals surface area contributed by atoms with E-state index in [1.807, 2.05) is 0 Å². The lowest BCUT2D eigenvalue weighted by Crippen LogP contribution is -1.96. The largest absolute Gasteiger partial charge is 0.772 e. The molecule has 0 aromatic heterocycles. The van der Waals surface area contributed by atoms with Crippen molar-refractivity contribution < 1.29 is 17.2 Å². The highest BCUT2D eigenvalue weighted by molar-refractivity contribution is 8.13. The van der Waals surface area contributed by atoms with Crippen molar-refractivity contribution in [2.24, 2.45) is 0 Å². The third-order valence-corrected chi connectivity index (χ3v) is 3.39. The van der Waals surface area contributed by atoms with Crippen LogP contribution in [0.5, 0.6) is 0 Å². The predicted molar refractivity (Wildman–Crippen MR) is 52.1 cm³/mol. The van der Waals surface area contributed by atoms with Gasteiger partial charge in [-0.1, -0.05) is 23.2 Å². The second-order valence-corrected chi connectivity index (χ2v) is 6.00. The van der Waals surface area contributed by atoms with Crippen LogP contribution < -0.4 is 0 Å². The van der Waals surface area contributed by atoms with E-state index in [1.165, 1.54) is 24.3 Å². The zero-order chi connectivity index (χ0) is 10.8. The molecule has 0 heterocycles. The molecule has 0 aliphatic rings. The Morgan fingerprint density at radius 1 is 1.43 bits per heavy atom. The van der Waals surface area contributed by atoms with E-state index >= 15 is 0 Å². The van der Waals surface area contributed by atoms with Crippen LogP contribution in [-0.2, 0) is 25.9 Å². The third-order valence-electron chi connectivity index (χ3n) is 1.46. The summed E-state index contributed by atoms with van der Waals surface area (Å²) >= 11 is -2.24. The Bertz CT molecular complexity index is 455. The van der Waals surface area contributed by atoms with E-state index in [1.54, 1.807) is 0 Å². The second-order valence-electron chi connectivity index (χ2n) is 2.53. The molecule has 4 nitrogen and oxygen atoms in total. The molecule has 0 aliphatic heterocycles. The van der Waals surface area contributed by atoms with E-state index in [2.05, 4.69) is 0 Å². The highest BCUT2D eigenvalue weighted by atomic mass is 35.7. The normalized spacial score (nSPS) is 13.9. The minimum Gasteiger partial charge on any atom is -0.772 e. The number of halogens is 1. The summed E-state index contributed by atoms with van der Waals surface area (Å²) in [5.41, 5.74) is 0.389. The number of rotatable bonds is 3. The van der Waals surface area contributed by atoms with Crippen LogP contribution in [0.25, 0.3) is 0 Å². The minimum atomic E-state index is -3.79. The van der Waals surface area contributed by atoms with Gasteiger partial charge >= 0.3 is 0 Å². The molecule has 0 aliphatic carbocycles. The maximum atomic E-state index is 10.9. The Hall–Kier alpha value is -0.430. The monoisotopic (exact) mass is 253 g/mol. The zero-order valence-corrected chi connectivity index (χ0v) is 9.23. The van der Waals surface area contributed by atoms with Crippen molar-refractivity contribution >= 4 is 30.8 Å². The first kappa shape index (κ1) is 11.6. The summed E-state index contributed by atoms with van der Waals surface area (Å²) in [6.45, 7) is 0. The van der Waals surface area contributed by atoms with Gasteiger partial charge < -0.3 is 4.55 Å². The van der Waals surface area contributed by atoms with Crippen LogP contribution in [0, 0.1) is 0 Å². The molecule has 0 bridgehead atoms. The Balaban J connectivity index is 3.08. The van der Waals surface area contributed by atoms with E-state index < -0.39 is 20.1 Å². The first-order valence-corrected chi connectivity index (χ1v) is 7.04. The first-order valence-electron chi connectivity index (χ1n) is 3.49. The number of benzene rings is 1. The van der Waals surface area contributed by atoms with Crippen LogP contribution in [0.3, 0.4) is 0 Å². The number of hydrogen-bond acceptors (Lipinski definition) is 4. The fourth-order valence-corrected chi connectivity index (χ4v) is 2.20. The smallest absolute Gasteiger partial charge is 0.261 e. The standard InChI is InChI=1S/C7H7ClO4S2/c8-14(11,12)7-3-1-2-6(4-7)5-13(9)10/h1-4H,5H2,(H,9,10)/p-1. The summed E-state index contributed by atoms with van der Waals surface area (Å²) in [5.74, 6) is -0.222. The van der Waals surface area contributed by atoms with E-state index in [9.17, 15) is 17.2 Å². The van der Waals surface area contributed by atoms with Crippen molar-refractivity contribution in [2.45, 2.75) is 10.6 Å². The van der Waals surface area contributed by atoms with Gasteiger partial charge in [-0.3, -0.25) is 4.21 Å². The summed E-state index contributed by atoms with van der Waals surface area (Å²) in [6, 6.07) is 5.50. The van der Waals surface area contributed by atoms with Crippen molar-refractivity contribution in [3.63, 3.8) is 0 Å². The summed E-state index contributed by atoms with van der Waals surface area (Å²) < 4.78 is 42.5. The fourth-order valence-electron chi connectivity index (χ4n) is 0.923. The number of hydrogen-bond donors (Lipinski definition) is 0. The second kappa shape index (κ2) is 4.39. The maximum Gasteiger partial charge on any atom is 0.261 e.